The lowest BCUT2D eigenvalue weighted by atomic mass is 9.92. The number of terminal acetylenes is 1. The number of carbonyl (C=O) groups excluding carboxylic acids is 1. The average molecular weight is 489 g/mol. The molecule has 4 rings (SSSR count). The highest BCUT2D eigenvalue weighted by atomic mass is 16.6. The Morgan fingerprint density at radius 1 is 1.17 bits per heavy atom. The number of fused-ring (bicyclic) bond motifs is 1. The van der Waals surface area contributed by atoms with Crippen molar-refractivity contribution in [1.29, 1.82) is 0 Å². The summed E-state index contributed by atoms with van der Waals surface area (Å²) in [5.41, 5.74) is 4.53. The largest absolute Gasteiger partial charge is 0.493 e. The molecule has 3 aromatic rings. The summed E-state index contributed by atoms with van der Waals surface area (Å²) in [5.74, 6) is 3.49. The third-order valence-corrected chi connectivity index (χ3v) is 6.12. The fourth-order valence-corrected chi connectivity index (χ4v) is 4.29. The van der Waals surface area contributed by atoms with Gasteiger partial charge in [0.1, 0.15) is 11.5 Å². The van der Waals surface area contributed by atoms with E-state index in [0.29, 0.717) is 44.8 Å². The first kappa shape index (κ1) is 24.9. The summed E-state index contributed by atoms with van der Waals surface area (Å²) in [4.78, 5) is 29.7. The van der Waals surface area contributed by atoms with Gasteiger partial charge in [-0.1, -0.05) is 30.2 Å². The number of carboxylic acid groups (broad SMARTS) is 1. The number of aromatic nitrogens is 1. The van der Waals surface area contributed by atoms with E-state index in [1.807, 2.05) is 49.4 Å². The van der Waals surface area contributed by atoms with Crippen LogP contribution in [0.1, 0.15) is 34.6 Å². The second-order valence-corrected chi connectivity index (χ2v) is 8.49. The zero-order valence-corrected chi connectivity index (χ0v) is 20.2. The van der Waals surface area contributed by atoms with Crippen LogP contribution < -0.4 is 4.74 Å². The Morgan fingerprint density at radius 2 is 1.97 bits per heavy atom. The van der Waals surface area contributed by atoms with Gasteiger partial charge in [-0.25, -0.2) is 9.78 Å². The maximum Gasteiger partial charge on any atom is 0.411 e. The molecule has 0 fully saturated rings. The van der Waals surface area contributed by atoms with Gasteiger partial charge in [0.15, 0.2) is 6.61 Å². The summed E-state index contributed by atoms with van der Waals surface area (Å²) >= 11 is 0. The number of carbonyl (C=O) groups is 2. The van der Waals surface area contributed by atoms with Gasteiger partial charge in [0.25, 0.3) is 0 Å². The van der Waals surface area contributed by atoms with Crippen LogP contribution >= 0.6 is 0 Å². The minimum absolute atomic E-state index is 0.00334. The van der Waals surface area contributed by atoms with Crippen LogP contribution in [0.4, 0.5) is 4.79 Å². The average Bonchev–Trinajstić information content (AvgIpc) is 3.27. The van der Waals surface area contributed by atoms with Gasteiger partial charge in [-0.2, -0.15) is 0 Å². The maximum absolute atomic E-state index is 12.4. The predicted octanol–water partition coefficient (Wildman–Crippen LogP) is 4.42. The fraction of sp³-hybridized carbons (Fsp3) is 0.321. The number of amides is 1. The Morgan fingerprint density at radius 3 is 2.72 bits per heavy atom. The summed E-state index contributed by atoms with van der Waals surface area (Å²) in [6.07, 6.45) is 6.22. The number of aliphatic carboxylic acids is 1. The fourth-order valence-electron chi connectivity index (χ4n) is 4.29. The standard InChI is InChI=1S/C28H28N2O6/c1-3-16-35-28(33)30-15-13-22-23(18-30)20(10-12-26(31)32)9-11-25(22)34-17-14-24-19(2)36-27(29-24)21-7-5-4-6-8-21/h1,4-9,11H,10,12-18H2,2H3,(H,31,32). The predicted molar refractivity (Wildman–Crippen MR) is 133 cm³/mol. The summed E-state index contributed by atoms with van der Waals surface area (Å²) in [5, 5.41) is 9.15. The van der Waals surface area contributed by atoms with Crippen molar-refractivity contribution in [2.75, 3.05) is 19.8 Å². The topological polar surface area (TPSA) is 102 Å². The van der Waals surface area contributed by atoms with Crippen molar-refractivity contribution in [3.8, 4) is 29.5 Å². The zero-order valence-electron chi connectivity index (χ0n) is 20.2. The number of rotatable bonds is 9. The highest BCUT2D eigenvalue weighted by Gasteiger charge is 2.26. The van der Waals surface area contributed by atoms with E-state index in [-0.39, 0.29) is 13.0 Å². The first-order chi connectivity index (χ1) is 17.5. The van der Waals surface area contributed by atoms with E-state index in [0.717, 1.165) is 39.5 Å². The molecule has 0 bridgehead atoms. The molecular weight excluding hydrogens is 460 g/mol. The smallest absolute Gasteiger partial charge is 0.411 e. The molecule has 0 aliphatic carbocycles. The number of carboxylic acids is 1. The molecule has 1 N–H and O–H groups in total. The molecular formula is C28H28N2O6. The summed E-state index contributed by atoms with van der Waals surface area (Å²) in [6.45, 7) is 2.97. The highest BCUT2D eigenvalue weighted by molar-refractivity contribution is 5.69. The minimum Gasteiger partial charge on any atom is -0.493 e. The number of benzene rings is 2. The van der Waals surface area contributed by atoms with Gasteiger partial charge in [0, 0.05) is 37.1 Å². The summed E-state index contributed by atoms with van der Waals surface area (Å²) in [6, 6.07) is 13.5. The van der Waals surface area contributed by atoms with Crippen LogP contribution in [0.25, 0.3) is 11.5 Å². The Balaban J connectivity index is 1.48. The molecule has 0 saturated heterocycles. The molecule has 0 atom stereocenters. The van der Waals surface area contributed by atoms with E-state index in [1.165, 1.54) is 0 Å². The van der Waals surface area contributed by atoms with E-state index in [4.69, 9.17) is 25.4 Å². The van der Waals surface area contributed by atoms with Crippen molar-refractivity contribution in [2.24, 2.45) is 0 Å². The van der Waals surface area contributed by atoms with Gasteiger partial charge in [-0.3, -0.25) is 4.79 Å². The maximum atomic E-state index is 12.4. The van der Waals surface area contributed by atoms with Gasteiger partial charge in [0.05, 0.1) is 12.3 Å². The lowest BCUT2D eigenvalue weighted by Gasteiger charge is -2.31. The third-order valence-electron chi connectivity index (χ3n) is 6.12. The lowest BCUT2D eigenvalue weighted by Crippen LogP contribution is -2.37. The molecule has 1 amide bonds. The second-order valence-electron chi connectivity index (χ2n) is 8.49. The van der Waals surface area contributed by atoms with E-state index in [1.54, 1.807) is 4.90 Å². The van der Waals surface area contributed by atoms with Crippen LogP contribution in [0.2, 0.25) is 0 Å². The monoisotopic (exact) mass is 488 g/mol. The molecule has 8 heteroatoms. The van der Waals surface area contributed by atoms with Crippen molar-refractivity contribution >= 4 is 12.1 Å². The van der Waals surface area contributed by atoms with Crippen molar-refractivity contribution in [2.45, 2.75) is 39.2 Å². The van der Waals surface area contributed by atoms with Gasteiger partial charge < -0.3 is 23.9 Å². The van der Waals surface area contributed by atoms with Gasteiger partial charge in [0.2, 0.25) is 5.89 Å². The molecule has 186 valence electrons. The number of ether oxygens (including phenoxy) is 2. The molecule has 0 spiro atoms. The van der Waals surface area contributed by atoms with E-state index in [2.05, 4.69) is 10.9 Å². The van der Waals surface area contributed by atoms with E-state index in [9.17, 15) is 9.59 Å². The summed E-state index contributed by atoms with van der Waals surface area (Å²) < 4.78 is 17.1. The zero-order chi connectivity index (χ0) is 25.5. The van der Waals surface area contributed by atoms with E-state index < -0.39 is 12.1 Å². The summed E-state index contributed by atoms with van der Waals surface area (Å²) in [7, 11) is 0. The lowest BCUT2D eigenvalue weighted by molar-refractivity contribution is -0.136. The van der Waals surface area contributed by atoms with Gasteiger partial charge >= 0.3 is 12.1 Å². The molecule has 1 aliphatic rings. The highest BCUT2D eigenvalue weighted by Crippen LogP contribution is 2.32. The molecule has 0 radical (unpaired) electrons. The second kappa shape index (κ2) is 11.5. The Kier molecular flexibility index (Phi) is 7.91. The molecule has 8 nitrogen and oxygen atoms in total. The number of nitrogens with zero attached hydrogens (tertiary/aromatic N) is 2. The molecule has 36 heavy (non-hydrogen) atoms. The minimum atomic E-state index is -0.872. The molecule has 0 saturated carbocycles. The normalized spacial score (nSPS) is 12.5. The van der Waals surface area contributed by atoms with Crippen molar-refractivity contribution in [3.05, 3.63) is 70.6 Å². The quantitative estimate of drug-likeness (QED) is 0.445. The number of oxazole rings is 1. The van der Waals surface area contributed by atoms with Crippen LogP contribution in [-0.4, -0.2) is 46.8 Å². The third kappa shape index (κ3) is 5.87. The van der Waals surface area contributed by atoms with Crippen LogP contribution in [0.3, 0.4) is 0 Å². The van der Waals surface area contributed by atoms with Crippen molar-refractivity contribution in [3.63, 3.8) is 0 Å². The molecule has 1 aliphatic heterocycles. The molecule has 1 aromatic heterocycles. The number of hydrogen-bond acceptors (Lipinski definition) is 6. The molecule has 2 heterocycles. The Hall–Kier alpha value is -4.25. The molecule has 0 unspecified atom stereocenters. The van der Waals surface area contributed by atoms with Gasteiger partial charge in [-0.05, 0) is 49.1 Å². The molecule has 2 aromatic carbocycles. The van der Waals surface area contributed by atoms with Crippen LogP contribution in [0.5, 0.6) is 5.75 Å². The van der Waals surface area contributed by atoms with Gasteiger partial charge in [-0.15, -0.1) is 6.42 Å². The number of aryl methyl sites for hydroxylation is 2. The Labute approximate surface area is 209 Å². The Bertz CT molecular complexity index is 1280. The van der Waals surface area contributed by atoms with Crippen LogP contribution in [0, 0.1) is 19.3 Å². The first-order valence-corrected chi connectivity index (χ1v) is 11.8. The van der Waals surface area contributed by atoms with Crippen molar-refractivity contribution < 1.29 is 28.6 Å². The number of hydrogen-bond donors (Lipinski definition) is 1. The van der Waals surface area contributed by atoms with Crippen molar-refractivity contribution in [1.82, 2.24) is 9.88 Å². The first-order valence-electron chi connectivity index (χ1n) is 11.8. The van der Waals surface area contributed by atoms with E-state index >= 15 is 0 Å². The van der Waals surface area contributed by atoms with Crippen LogP contribution in [-0.2, 0) is 35.3 Å². The SMILES string of the molecule is C#CCOC(=O)N1CCc2c(OCCc3nc(-c4ccccc4)oc3C)ccc(CCC(=O)O)c2C1. The van der Waals surface area contributed by atoms with Crippen LogP contribution in [0.15, 0.2) is 46.9 Å².